The number of nitrogens with zero attached hydrogens (tertiary/aromatic N) is 4. The van der Waals surface area contributed by atoms with E-state index in [9.17, 15) is 0 Å². The molecule has 6 heteroatoms. The number of nitrogens with one attached hydrogen (secondary N) is 2. The molecule has 6 aromatic carbocycles. The Morgan fingerprint density at radius 1 is 0.392 bits per heavy atom. The van der Waals surface area contributed by atoms with Gasteiger partial charge in [-0.25, -0.2) is 20.0 Å². The van der Waals surface area contributed by atoms with E-state index in [2.05, 4.69) is 122 Å². The van der Waals surface area contributed by atoms with Gasteiger partial charge in [0.15, 0.2) is 11.7 Å². The van der Waals surface area contributed by atoms with Crippen molar-refractivity contribution in [2.75, 3.05) is 0 Å². The van der Waals surface area contributed by atoms with Crippen LogP contribution in [0.4, 0.5) is 0 Å². The van der Waals surface area contributed by atoms with Crippen molar-refractivity contribution in [2.24, 2.45) is 20.0 Å². The maximum absolute atomic E-state index is 5.04. The maximum Gasteiger partial charge on any atom is 0.159 e. The predicted molar refractivity (Wildman–Crippen MR) is 209 cm³/mol. The summed E-state index contributed by atoms with van der Waals surface area (Å²) >= 11 is 0. The average Bonchev–Trinajstić information content (AvgIpc) is 3.22. The predicted octanol–water partition coefficient (Wildman–Crippen LogP) is 9.00. The zero-order valence-electron chi connectivity index (χ0n) is 28.6. The van der Waals surface area contributed by atoms with Crippen LogP contribution in [0.2, 0.25) is 0 Å². The monoisotopic (exact) mass is 662 g/mol. The fraction of sp³-hybridized carbons (Fsp3) is 0.111. The number of hydrogen-bond donors (Lipinski definition) is 2. The van der Waals surface area contributed by atoms with Gasteiger partial charge in [0.05, 0.1) is 0 Å². The zero-order chi connectivity index (χ0) is 34.6. The first-order valence-electron chi connectivity index (χ1n) is 17.3. The van der Waals surface area contributed by atoms with E-state index in [1.807, 2.05) is 72.8 Å². The number of aliphatic imine (C=N–C) groups is 4. The Bertz CT molecular complexity index is 2240. The summed E-state index contributed by atoms with van der Waals surface area (Å²) in [5, 5.41) is 7.15. The third-order valence-corrected chi connectivity index (χ3v) is 9.54. The van der Waals surface area contributed by atoms with Crippen molar-refractivity contribution in [3.05, 3.63) is 214 Å². The smallest absolute Gasteiger partial charge is 0.159 e. The molecule has 0 amide bonds. The minimum absolute atomic E-state index is 0.231. The minimum atomic E-state index is -0.267. The van der Waals surface area contributed by atoms with Gasteiger partial charge >= 0.3 is 0 Å². The first kappa shape index (κ1) is 31.8. The van der Waals surface area contributed by atoms with Crippen LogP contribution in [-0.2, 0) is 5.41 Å². The third kappa shape index (κ3) is 6.77. The van der Waals surface area contributed by atoms with Gasteiger partial charge in [0.25, 0.3) is 0 Å². The highest BCUT2D eigenvalue weighted by molar-refractivity contribution is 6.13. The fourth-order valence-corrected chi connectivity index (χ4v) is 6.49. The van der Waals surface area contributed by atoms with Crippen LogP contribution in [0.5, 0.6) is 0 Å². The van der Waals surface area contributed by atoms with E-state index in [0.29, 0.717) is 0 Å². The van der Waals surface area contributed by atoms with Crippen LogP contribution in [0, 0.1) is 0 Å². The Balaban J connectivity index is 1.05. The molecule has 248 valence electrons. The Labute approximate surface area is 299 Å². The van der Waals surface area contributed by atoms with E-state index < -0.39 is 0 Å². The fourth-order valence-electron chi connectivity index (χ4n) is 6.49. The minimum Gasteiger partial charge on any atom is -0.344 e. The summed E-state index contributed by atoms with van der Waals surface area (Å²) in [7, 11) is 0. The van der Waals surface area contributed by atoms with Gasteiger partial charge in [0.2, 0.25) is 0 Å². The number of benzene rings is 6. The van der Waals surface area contributed by atoms with Crippen molar-refractivity contribution in [2.45, 2.75) is 31.6 Å². The van der Waals surface area contributed by atoms with E-state index >= 15 is 0 Å². The summed E-state index contributed by atoms with van der Waals surface area (Å²) in [5.41, 5.74) is 8.39. The Kier molecular flexibility index (Phi) is 8.64. The van der Waals surface area contributed by atoms with Crippen LogP contribution in [0.15, 0.2) is 190 Å². The second-order valence-corrected chi connectivity index (χ2v) is 13.3. The molecule has 0 aliphatic carbocycles. The standard InChI is InChI=1S/C45H38N6/c1-45(2,37-27-23-35(24-28-37)43-48-39(31-15-7-3-8-16-31)46-40(49-43)32-17-9-4-10-18-32)38-29-25-36(26-30-38)44-50-41(33-19-11-5-12-20-33)47-42(51-44)34-21-13-6-14-22-34/h3-30,39,44H,1-2H3,(H,46,48,49)(H,47,50,51). The molecule has 0 fully saturated rings. The molecule has 0 spiro atoms. The quantitative estimate of drug-likeness (QED) is 0.171. The number of hydrogen-bond acceptors (Lipinski definition) is 6. The van der Waals surface area contributed by atoms with E-state index in [1.54, 1.807) is 0 Å². The summed E-state index contributed by atoms with van der Waals surface area (Å²) in [4.78, 5) is 19.9. The SMILES string of the molecule is CC(C)(c1ccc(C2=NC(c3ccccc3)=NC(c3ccccc3)N2)cc1)c1ccc(C2N=C(c3ccccc3)N=C(c3ccccc3)N2)cc1. The molecular formula is C45H38N6. The molecule has 2 atom stereocenters. The van der Waals surface area contributed by atoms with Crippen LogP contribution >= 0.6 is 0 Å². The van der Waals surface area contributed by atoms with Gasteiger partial charge in [-0.15, -0.1) is 0 Å². The highest BCUT2D eigenvalue weighted by atomic mass is 15.2. The molecule has 0 saturated heterocycles. The van der Waals surface area contributed by atoms with Crippen molar-refractivity contribution in [1.82, 2.24) is 10.6 Å². The van der Waals surface area contributed by atoms with Crippen molar-refractivity contribution >= 4 is 23.3 Å². The zero-order valence-corrected chi connectivity index (χ0v) is 28.6. The maximum atomic E-state index is 5.04. The molecular weight excluding hydrogens is 625 g/mol. The molecule has 0 bridgehead atoms. The molecule has 6 nitrogen and oxygen atoms in total. The highest BCUT2D eigenvalue weighted by Gasteiger charge is 2.26. The van der Waals surface area contributed by atoms with E-state index in [0.717, 1.165) is 56.7 Å². The highest BCUT2D eigenvalue weighted by Crippen LogP contribution is 2.33. The van der Waals surface area contributed by atoms with Gasteiger partial charge in [0, 0.05) is 27.7 Å². The lowest BCUT2D eigenvalue weighted by Gasteiger charge is -2.28. The Hall–Kier alpha value is -6.40. The average molecular weight is 663 g/mol. The third-order valence-electron chi connectivity index (χ3n) is 9.54. The molecule has 0 aromatic heterocycles. The van der Waals surface area contributed by atoms with Crippen molar-refractivity contribution < 1.29 is 0 Å². The van der Waals surface area contributed by atoms with Crippen LogP contribution in [-0.4, -0.2) is 23.3 Å². The second-order valence-electron chi connectivity index (χ2n) is 13.3. The van der Waals surface area contributed by atoms with Crippen molar-refractivity contribution in [3.63, 3.8) is 0 Å². The molecule has 2 unspecified atom stereocenters. The summed E-state index contributed by atoms with van der Waals surface area (Å²) in [5.74, 6) is 3.06. The summed E-state index contributed by atoms with van der Waals surface area (Å²) in [6.45, 7) is 4.54. The van der Waals surface area contributed by atoms with Crippen molar-refractivity contribution in [1.29, 1.82) is 0 Å². The normalized spacial score (nSPS) is 17.2. The first-order chi connectivity index (χ1) is 25.0. The topological polar surface area (TPSA) is 73.5 Å². The number of amidine groups is 4. The summed E-state index contributed by atoms with van der Waals surface area (Å²) in [6, 6.07) is 58.4. The van der Waals surface area contributed by atoms with E-state index in [1.165, 1.54) is 11.1 Å². The Morgan fingerprint density at radius 2 is 0.745 bits per heavy atom. The summed E-state index contributed by atoms with van der Waals surface area (Å²) < 4.78 is 0. The lowest BCUT2D eigenvalue weighted by Crippen LogP contribution is -2.33. The molecule has 2 aliphatic heterocycles. The second kappa shape index (κ2) is 13.8. The Morgan fingerprint density at radius 3 is 1.20 bits per heavy atom. The molecule has 2 heterocycles. The van der Waals surface area contributed by atoms with E-state index in [4.69, 9.17) is 20.0 Å². The van der Waals surface area contributed by atoms with Crippen LogP contribution in [0.3, 0.4) is 0 Å². The molecule has 2 N–H and O–H groups in total. The lowest BCUT2D eigenvalue weighted by molar-refractivity contribution is 0.636. The van der Waals surface area contributed by atoms with Gasteiger partial charge in [0.1, 0.15) is 24.0 Å². The van der Waals surface area contributed by atoms with Crippen LogP contribution < -0.4 is 10.6 Å². The van der Waals surface area contributed by atoms with Gasteiger partial charge in [-0.3, -0.25) is 0 Å². The van der Waals surface area contributed by atoms with Gasteiger partial charge in [-0.2, -0.15) is 0 Å². The van der Waals surface area contributed by atoms with Crippen LogP contribution in [0.25, 0.3) is 0 Å². The van der Waals surface area contributed by atoms with Gasteiger partial charge < -0.3 is 10.6 Å². The van der Waals surface area contributed by atoms with Gasteiger partial charge in [-0.05, 0) is 22.3 Å². The lowest BCUT2D eigenvalue weighted by atomic mass is 9.77. The molecule has 6 aromatic rings. The molecule has 2 aliphatic rings. The summed E-state index contributed by atoms with van der Waals surface area (Å²) in [6.07, 6.45) is -0.498. The van der Waals surface area contributed by atoms with Crippen LogP contribution in [0.1, 0.15) is 70.7 Å². The van der Waals surface area contributed by atoms with E-state index in [-0.39, 0.29) is 17.7 Å². The molecule has 8 rings (SSSR count). The molecule has 51 heavy (non-hydrogen) atoms. The molecule has 0 saturated carbocycles. The molecule has 0 radical (unpaired) electrons. The first-order valence-corrected chi connectivity index (χ1v) is 17.3. The van der Waals surface area contributed by atoms with Crippen molar-refractivity contribution in [3.8, 4) is 0 Å². The largest absolute Gasteiger partial charge is 0.344 e. The number of rotatable bonds is 8. The van der Waals surface area contributed by atoms with Gasteiger partial charge in [-0.1, -0.05) is 184 Å².